The largest absolute Gasteiger partial charge is 0.497 e. The van der Waals surface area contributed by atoms with E-state index >= 15 is 0 Å². The highest BCUT2D eigenvalue weighted by atomic mass is 32.0. The maximum Gasteiger partial charge on any atom is 0.180 e. The van der Waals surface area contributed by atoms with Crippen molar-refractivity contribution < 1.29 is 24.4 Å². The van der Waals surface area contributed by atoms with E-state index in [-0.39, 0.29) is 37.7 Å². The predicted molar refractivity (Wildman–Crippen MR) is 138 cm³/mol. The second kappa shape index (κ2) is 15.6. The van der Waals surface area contributed by atoms with E-state index in [4.69, 9.17) is 37.3 Å². The Bertz CT molecular complexity index is 716. The third-order valence-corrected chi connectivity index (χ3v) is 6.40. The second-order valence-corrected chi connectivity index (χ2v) is 13.0. The highest BCUT2D eigenvalue weighted by Crippen LogP contribution is 2.48. The lowest BCUT2D eigenvalue weighted by Crippen LogP contribution is -2.36. The second-order valence-electron chi connectivity index (χ2n) is 8.76. The summed E-state index contributed by atoms with van der Waals surface area (Å²) in [4.78, 5) is 0. The van der Waals surface area contributed by atoms with E-state index in [0.717, 1.165) is 5.75 Å². The zero-order valence-corrected chi connectivity index (χ0v) is 22.5. The summed E-state index contributed by atoms with van der Waals surface area (Å²) in [6.45, 7) is 13.1. The molecule has 180 valence electrons. The van der Waals surface area contributed by atoms with Gasteiger partial charge in [0, 0.05) is 18.4 Å². The first kappa shape index (κ1) is 30.8. The van der Waals surface area contributed by atoms with Crippen LogP contribution in [0.1, 0.15) is 40.2 Å². The quantitative estimate of drug-likeness (QED) is 0.490. The van der Waals surface area contributed by atoms with E-state index in [2.05, 4.69) is 60.3 Å². The molecule has 0 amide bonds. The van der Waals surface area contributed by atoms with Crippen LogP contribution in [0.2, 0.25) is 0 Å². The van der Waals surface area contributed by atoms with E-state index in [0.29, 0.717) is 12.5 Å². The molecule has 1 aliphatic heterocycles. The zero-order valence-electron chi connectivity index (χ0n) is 20.4. The maximum absolute atomic E-state index is 8.73. The SMILES string of the molecule is C#CC1O[C@@H](P(C)P)OC[C@@H]1C.C#C[C@@H](O)[C@@H](C)CO.COc1ccc(C(C)(C)C)cc1. The highest BCUT2D eigenvalue weighted by Gasteiger charge is 2.29. The Labute approximate surface area is 198 Å². The van der Waals surface area contributed by atoms with Crippen molar-refractivity contribution in [1.29, 1.82) is 0 Å². The molecule has 0 saturated carbocycles. The Morgan fingerprint density at radius 3 is 2.19 bits per heavy atom. The van der Waals surface area contributed by atoms with E-state index in [1.165, 1.54) is 5.56 Å². The molecular formula is C25H40O5P2. The minimum atomic E-state index is -0.806. The summed E-state index contributed by atoms with van der Waals surface area (Å²) < 4.78 is 16.1. The van der Waals surface area contributed by atoms with E-state index in [9.17, 15) is 0 Å². The molecule has 0 bridgehead atoms. The van der Waals surface area contributed by atoms with Gasteiger partial charge < -0.3 is 24.4 Å². The summed E-state index contributed by atoms with van der Waals surface area (Å²) in [6, 6.07) is 8.13. The van der Waals surface area contributed by atoms with Crippen LogP contribution in [0.15, 0.2) is 24.3 Å². The van der Waals surface area contributed by atoms with E-state index in [1.807, 2.05) is 19.1 Å². The van der Waals surface area contributed by atoms with E-state index in [1.54, 1.807) is 14.0 Å². The van der Waals surface area contributed by atoms with Gasteiger partial charge in [0.05, 0.1) is 13.7 Å². The average molecular weight is 483 g/mol. The molecule has 7 heteroatoms. The fraction of sp³-hybridized carbons (Fsp3) is 0.600. The molecule has 0 aromatic heterocycles. The maximum atomic E-state index is 8.73. The molecule has 7 atom stereocenters. The van der Waals surface area contributed by atoms with Crippen LogP contribution in [-0.4, -0.2) is 55.4 Å². The van der Waals surface area contributed by atoms with Crippen LogP contribution in [0.5, 0.6) is 5.75 Å². The topological polar surface area (TPSA) is 68.2 Å². The first-order valence-corrected chi connectivity index (χ1v) is 14.0. The summed E-state index contributed by atoms with van der Waals surface area (Å²) >= 11 is 0. The average Bonchev–Trinajstić information content (AvgIpc) is 2.78. The van der Waals surface area contributed by atoms with Crippen LogP contribution < -0.4 is 4.74 Å². The number of ether oxygens (including phenoxy) is 3. The number of terminal acetylenes is 2. The summed E-state index contributed by atoms with van der Waals surface area (Å²) in [5.74, 6) is 5.77. The standard InChI is InChI=1S/C11H16O.C8H14O2P2.C6H10O2/c1-11(2,3)9-5-7-10(12-4)8-6-9;1-4-7-6(2)5-9-8(10-7)12(3)11;1-3-6(8)5(2)4-7/h5-8H,1-4H3;1,6-8H,5,11H2,2-3H3;1,5-8H,4H2,2H3/t;6-,7?,8-,12?;5-,6+/m.00/s1. The molecule has 0 spiro atoms. The monoisotopic (exact) mass is 482 g/mol. The first-order chi connectivity index (χ1) is 14.9. The molecular weight excluding hydrogens is 442 g/mol. The number of rotatable bonds is 4. The van der Waals surface area contributed by atoms with Crippen molar-refractivity contribution in [2.45, 2.75) is 58.3 Å². The van der Waals surface area contributed by atoms with Gasteiger partial charge in [0.1, 0.15) is 18.0 Å². The van der Waals surface area contributed by atoms with Gasteiger partial charge in [0.25, 0.3) is 0 Å². The van der Waals surface area contributed by atoms with Crippen LogP contribution in [0.3, 0.4) is 0 Å². The van der Waals surface area contributed by atoms with Crippen molar-refractivity contribution in [3.63, 3.8) is 0 Å². The van der Waals surface area contributed by atoms with Crippen LogP contribution in [-0.2, 0) is 14.9 Å². The molecule has 2 N–H and O–H groups in total. The van der Waals surface area contributed by atoms with Gasteiger partial charge in [-0.15, -0.1) is 21.8 Å². The summed E-state index contributed by atoms with van der Waals surface area (Å²) in [5.41, 5.74) is 1.56. The number of benzene rings is 1. The lowest BCUT2D eigenvalue weighted by atomic mass is 9.87. The molecule has 2 rings (SSSR count). The molecule has 5 nitrogen and oxygen atoms in total. The Hall–Kier alpha value is -1.16. The normalized spacial score (nSPS) is 22.9. The Morgan fingerprint density at radius 2 is 1.84 bits per heavy atom. The molecule has 1 saturated heterocycles. The Kier molecular flexibility index (Phi) is 15.1. The van der Waals surface area contributed by atoms with Crippen molar-refractivity contribution in [2.75, 3.05) is 27.0 Å². The Balaban J connectivity index is 0.000000462. The summed E-state index contributed by atoms with van der Waals surface area (Å²) in [6.07, 6.45) is 9.28. The minimum Gasteiger partial charge on any atom is -0.497 e. The van der Waals surface area contributed by atoms with Gasteiger partial charge >= 0.3 is 0 Å². The van der Waals surface area contributed by atoms with Gasteiger partial charge in [-0.25, -0.2) is 0 Å². The molecule has 0 radical (unpaired) electrons. The number of hydrogen-bond donors (Lipinski definition) is 2. The smallest absolute Gasteiger partial charge is 0.180 e. The molecule has 32 heavy (non-hydrogen) atoms. The predicted octanol–water partition coefficient (Wildman–Crippen LogP) is 4.46. The molecule has 3 unspecified atom stereocenters. The van der Waals surface area contributed by atoms with Crippen molar-refractivity contribution in [1.82, 2.24) is 0 Å². The third kappa shape index (κ3) is 11.6. The van der Waals surface area contributed by atoms with Gasteiger partial charge in [-0.1, -0.05) is 58.6 Å². The van der Waals surface area contributed by atoms with Crippen LogP contribution >= 0.6 is 16.5 Å². The summed E-state index contributed by atoms with van der Waals surface area (Å²) in [7, 11) is 4.11. The zero-order chi connectivity index (χ0) is 24.9. The van der Waals surface area contributed by atoms with Crippen LogP contribution in [0.4, 0.5) is 0 Å². The fourth-order valence-electron chi connectivity index (χ4n) is 2.39. The van der Waals surface area contributed by atoms with Gasteiger partial charge in [0.15, 0.2) is 6.03 Å². The van der Waals surface area contributed by atoms with Crippen molar-refractivity contribution in [3.05, 3.63) is 29.8 Å². The highest BCUT2D eigenvalue weighted by molar-refractivity contribution is 8.13. The molecule has 1 fully saturated rings. The lowest BCUT2D eigenvalue weighted by Gasteiger charge is -2.33. The lowest BCUT2D eigenvalue weighted by molar-refractivity contribution is -0.172. The van der Waals surface area contributed by atoms with Gasteiger partial charge in [-0.3, -0.25) is 0 Å². The Morgan fingerprint density at radius 1 is 1.28 bits per heavy atom. The van der Waals surface area contributed by atoms with Gasteiger partial charge in [-0.05, 0) is 37.4 Å². The number of aliphatic hydroxyl groups is 2. The molecule has 1 aliphatic rings. The van der Waals surface area contributed by atoms with Crippen molar-refractivity contribution in [2.24, 2.45) is 11.8 Å². The van der Waals surface area contributed by atoms with Crippen LogP contribution in [0.25, 0.3) is 0 Å². The summed E-state index contributed by atoms with van der Waals surface area (Å²) in [5, 5.41) is 17.1. The minimum absolute atomic E-state index is 0.0641. The molecule has 1 heterocycles. The molecule has 0 aliphatic carbocycles. The van der Waals surface area contributed by atoms with Gasteiger partial charge in [-0.2, -0.15) is 0 Å². The first-order valence-electron chi connectivity index (χ1n) is 10.5. The molecule has 1 aromatic carbocycles. The van der Waals surface area contributed by atoms with Gasteiger partial charge in [0.2, 0.25) is 0 Å². The molecule has 1 aromatic rings. The fourth-order valence-corrected chi connectivity index (χ4v) is 3.51. The number of hydrogen-bond acceptors (Lipinski definition) is 5. The number of methoxy groups -OCH3 is 1. The van der Waals surface area contributed by atoms with Crippen molar-refractivity contribution in [3.8, 4) is 30.4 Å². The van der Waals surface area contributed by atoms with Crippen molar-refractivity contribution >= 4 is 16.5 Å². The van der Waals surface area contributed by atoms with Crippen LogP contribution in [0, 0.1) is 36.5 Å². The van der Waals surface area contributed by atoms with E-state index < -0.39 is 6.10 Å². The number of aliphatic hydroxyl groups excluding tert-OH is 2. The third-order valence-electron chi connectivity index (χ3n) is 4.73.